The molecule has 1 aromatic rings. The van der Waals surface area contributed by atoms with E-state index in [0.717, 1.165) is 50.9 Å². The molecule has 2 heterocycles. The molecular formula is C11H20N6. The zero-order valence-corrected chi connectivity index (χ0v) is 10.6. The van der Waals surface area contributed by atoms with Gasteiger partial charge in [-0.25, -0.2) is 0 Å². The van der Waals surface area contributed by atoms with Gasteiger partial charge in [-0.2, -0.15) is 10.1 Å². The first-order chi connectivity index (χ1) is 8.29. The van der Waals surface area contributed by atoms with Gasteiger partial charge in [0, 0.05) is 32.7 Å². The maximum absolute atomic E-state index is 4.48. The van der Waals surface area contributed by atoms with Gasteiger partial charge in [-0.1, -0.05) is 6.92 Å². The fraction of sp³-hybridized carbons (Fsp3) is 0.727. The molecule has 17 heavy (non-hydrogen) atoms. The van der Waals surface area contributed by atoms with Crippen molar-refractivity contribution in [2.45, 2.75) is 13.3 Å². The average molecular weight is 236 g/mol. The Balaban J connectivity index is 2.00. The van der Waals surface area contributed by atoms with Crippen LogP contribution < -0.4 is 10.2 Å². The number of nitrogens with zero attached hydrogens (tertiary/aromatic N) is 5. The van der Waals surface area contributed by atoms with Crippen LogP contribution in [0.4, 0.5) is 11.8 Å². The summed E-state index contributed by atoms with van der Waals surface area (Å²) in [4.78, 5) is 8.97. The van der Waals surface area contributed by atoms with E-state index in [1.54, 1.807) is 6.20 Å². The second-order valence-corrected chi connectivity index (χ2v) is 4.36. The number of hydrogen-bond donors (Lipinski definition) is 1. The van der Waals surface area contributed by atoms with Crippen LogP contribution in [0.25, 0.3) is 0 Å². The van der Waals surface area contributed by atoms with Gasteiger partial charge in [-0.3, -0.25) is 0 Å². The molecule has 1 saturated heterocycles. The number of anilines is 2. The summed E-state index contributed by atoms with van der Waals surface area (Å²) in [5.74, 6) is 1.55. The average Bonchev–Trinajstić information content (AvgIpc) is 2.37. The molecule has 2 rings (SSSR count). The molecule has 1 fully saturated rings. The van der Waals surface area contributed by atoms with Crippen molar-refractivity contribution in [2.24, 2.45) is 0 Å². The van der Waals surface area contributed by atoms with Crippen LogP contribution in [0.3, 0.4) is 0 Å². The largest absolute Gasteiger partial charge is 0.369 e. The lowest BCUT2D eigenvalue weighted by molar-refractivity contribution is 0.311. The Hall–Kier alpha value is -1.43. The van der Waals surface area contributed by atoms with Crippen LogP contribution in [0.5, 0.6) is 0 Å². The third-order valence-corrected chi connectivity index (χ3v) is 2.89. The van der Waals surface area contributed by atoms with E-state index in [4.69, 9.17) is 0 Å². The number of aromatic nitrogens is 3. The summed E-state index contributed by atoms with van der Waals surface area (Å²) in [6, 6.07) is 0. The van der Waals surface area contributed by atoms with Crippen molar-refractivity contribution in [1.82, 2.24) is 20.1 Å². The number of rotatable bonds is 4. The quantitative estimate of drug-likeness (QED) is 0.819. The maximum Gasteiger partial charge on any atom is 0.247 e. The normalized spacial score (nSPS) is 17.2. The number of likely N-dealkylation sites (N-methyl/N-ethyl adjacent to an activating group) is 1. The Morgan fingerprint density at radius 2 is 2.06 bits per heavy atom. The van der Waals surface area contributed by atoms with Gasteiger partial charge in [0.05, 0.1) is 6.20 Å². The lowest BCUT2D eigenvalue weighted by Crippen LogP contribution is -2.45. The van der Waals surface area contributed by atoms with Crippen molar-refractivity contribution >= 4 is 11.8 Å². The van der Waals surface area contributed by atoms with Crippen molar-refractivity contribution in [3.63, 3.8) is 0 Å². The number of nitrogens with one attached hydrogen (secondary N) is 1. The third-order valence-electron chi connectivity index (χ3n) is 2.89. The molecular weight excluding hydrogens is 216 g/mol. The van der Waals surface area contributed by atoms with Crippen LogP contribution in [0.2, 0.25) is 0 Å². The van der Waals surface area contributed by atoms with Crippen molar-refractivity contribution < 1.29 is 0 Å². The predicted octanol–water partition coefficient (Wildman–Crippen LogP) is 0.445. The Labute approximate surface area is 102 Å². The van der Waals surface area contributed by atoms with Crippen LogP contribution >= 0.6 is 0 Å². The summed E-state index contributed by atoms with van der Waals surface area (Å²) in [5, 5.41) is 11.3. The monoisotopic (exact) mass is 236 g/mol. The minimum atomic E-state index is 0.735. The maximum atomic E-state index is 4.48. The molecule has 0 spiro atoms. The molecule has 0 radical (unpaired) electrons. The molecule has 6 nitrogen and oxygen atoms in total. The summed E-state index contributed by atoms with van der Waals surface area (Å²) < 4.78 is 0. The zero-order valence-electron chi connectivity index (χ0n) is 10.6. The molecule has 1 N–H and O–H groups in total. The van der Waals surface area contributed by atoms with Crippen molar-refractivity contribution in [3.8, 4) is 0 Å². The van der Waals surface area contributed by atoms with Gasteiger partial charge in [0.25, 0.3) is 0 Å². The molecule has 0 bridgehead atoms. The van der Waals surface area contributed by atoms with E-state index in [2.05, 4.69) is 44.3 Å². The minimum absolute atomic E-state index is 0.735. The Bertz CT molecular complexity index is 348. The van der Waals surface area contributed by atoms with Gasteiger partial charge in [0.15, 0.2) is 5.82 Å². The highest BCUT2D eigenvalue weighted by atomic mass is 15.4. The van der Waals surface area contributed by atoms with E-state index < -0.39 is 0 Å². The van der Waals surface area contributed by atoms with Crippen LogP contribution in [-0.2, 0) is 0 Å². The summed E-state index contributed by atoms with van der Waals surface area (Å²) in [6.45, 7) is 7.08. The minimum Gasteiger partial charge on any atom is -0.369 e. The molecule has 0 aliphatic carbocycles. The zero-order chi connectivity index (χ0) is 12.1. The summed E-state index contributed by atoms with van der Waals surface area (Å²) in [5.41, 5.74) is 0. The molecule has 1 aliphatic heterocycles. The molecule has 94 valence electrons. The first kappa shape index (κ1) is 12.0. The van der Waals surface area contributed by atoms with Gasteiger partial charge < -0.3 is 15.1 Å². The van der Waals surface area contributed by atoms with Gasteiger partial charge in [-0.15, -0.1) is 5.10 Å². The Kier molecular flexibility index (Phi) is 4.08. The van der Waals surface area contributed by atoms with Crippen molar-refractivity contribution in [1.29, 1.82) is 0 Å². The Morgan fingerprint density at radius 1 is 1.29 bits per heavy atom. The van der Waals surface area contributed by atoms with E-state index >= 15 is 0 Å². The number of hydrogen-bond acceptors (Lipinski definition) is 6. The van der Waals surface area contributed by atoms with E-state index in [0.29, 0.717) is 0 Å². The van der Waals surface area contributed by atoms with E-state index in [-0.39, 0.29) is 0 Å². The first-order valence-corrected chi connectivity index (χ1v) is 6.16. The molecule has 0 unspecified atom stereocenters. The summed E-state index contributed by atoms with van der Waals surface area (Å²) >= 11 is 0. The third kappa shape index (κ3) is 3.26. The van der Waals surface area contributed by atoms with Crippen molar-refractivity contribution in [2.75, 3.05) is 50.0 Å². The smallest absolute Gasteiger partial charge is 0.247 e. The lowest BCUT2D eigenvalue weighted by atomic mass is 10.3. The van der Waals surface area contributed by atoms with Crippen LogP contribution in [0.15, 0.2) is 6.20 Å². The second kappa shape index (κ2) is 5.77. The van der Waals surface area contributed by atoms with E-state index in [9.17, 15) is 0 Å². The van der Waals surface area contributed by atoms with Gasteiger partial charge in [0.2, 0.25) is 5.95 Å². The predicted molar refractivity (Wildman–Crippen MR) is 68.3 cm³/mol. The molecule has 6 heteroatoms. The second-order valence-electron chi connectivity index (χ2n) is 4.36. The van der Waals surface area contributed by atoms with Crippen LogP contribution in [-0.4, -0.2) is 59.9 Å². The van der Waals surface area contributed by atoms with E-state index in [1.165, 1.54) is 0 Å². The highest BCUT2D eigenvalue weighted by Crippen LogP contribution is 2.11. The molecule has 0 saturated carbocycles. The van der Waals surface area contributed by atoms with Crippen LogP contribution in [0, 0.1) is 0 Å². The van der Waals surface area contributed by atoms with Gasteiger partial charge in [-0.05, 0) is 13.5 Å². The summed E-state index contributed by atoms with van der Waals surface area (Å²) in [7, 11) is 2.13. The van der Waals surface area contributed by atoms with Gasteiger partial charge in [0.1, 0.15) is 0 Å². The fourth-order valence-electron chi connectivity index (χ4n) is 1.77. The van der Waals surface area contributed by atoms with Gasteiger partial charge >= 0.3 is 0 Å². The molecule has 0 aromatic carbocycles. The van der Waals surface area contributed by atoms with Crippen LogP contribution in [0.1, 0.15) is 13.3 Å². The number of piperazine rings is 1. The topological polar surface area (TPSA) is 57.2 Å². The highest BCUT2D eigenvalue weighted by Gasteiger charge is 2.16. The van der Waals surface area contributed by atoms with Crippen molar-refractivity contribution in [3.05, 3.63) is 6.20 Å². The highest BCUT2D eigenvalue weighted by molar-refractivity contribution is 5.39. The standard InChI is InChI=1S/C11H20N6/c1-3-4-12-10-9-13-15-11(14-10)17-7-5-16(2)6-8-17/h9H,3-8H2,1-2H3,(H,12,14,15). The molecule has 1 aromatic heterocycles. The summed E-state index contributed by atoms with van der Waals surface area (Å²) in [6.07, 6.45) is 2.75. The SMILES string of the molecule is CCCNc1cnnc(N2CCN(C)CC2)n1. The fourth-order valence-corrected chi connectivity index (χ4v) is 1.77. The Morgan fingerprint density at radius 3 is 2.76 bits per heavy atom. The van der Waals surface area contributed by atoms with E-state index in [1.807, 2.05) is 0 Å². The lowest BCUT2D eigenvalue weighted by Gasteiger charge is -2.32. The first-order valence-electron chi connectivity index (χ1n) is 6.16. The molecule has 1 aliphatic rings. The molecule has 0 amide bonds. The molecule has 0 atom stereocenters.